The summed E-state index contributed by atoms with van der Waals surface area (Å²) in [5.74, 6) is 0.732. The highest BCUT2D eigenvalue weighted by molar-refractivity contribution is 9.10. The number of hydrogen-bond donors (Lipinski definition) is 1. The largest absolute Gasteiger partial charge is 0.309 e. The molecule has 0 amide bonds. The van der Waals surface area contributed by atoms with Gasteiger partial charge >= 0.3 is 0 Å². The van der Waals surface area contributed by atoms with Crippen LogP contribution in [0.15, 0.2) is 28.7 Å². The van der Waals surface area contributed by atoms with Crippen molar-refractivity contribution in [2.75, 3.05) is 0 Å². The molecular weight excluding hydrogens is 310 g/mol. The molecule has 1 aliphatic rings. The summed E-state index contributed by atoms with van der Waals surface area (Å²) in [6, 6.07) is 9.44. The Kier molecular flexibility index (Phi) is 4.66. The second-order valence-corrected chi connectivity index (χ2v) is 9.10. The summed E-state index contributed by atoms with van der Waals surface area (Å²) in [4.78, 5) is 0. The van der Waals surface area contributed by atoms with Crippen molar-refractivity contribution in [3.63, 3.8) is 0 Å². The maximum atomic E-state index is 3.85. The van der Waals surface area contributed by atoms with Gasteiger partial charge in [0.25, 0.3) is 0 Å². The van der Waals surface area contributed by atoms with Crippen LogP contribution in [-0.2, 0) is 0 Å². The minimum Gasteiger partial charge on any atom is -0.309 e. The lowest BCUT2D eigenvalue weighted by molar-refractivity contribution is 0.176. The van der Waals surface area contributed by atoms with E-state index < -0.39 is 0 Å². The predicted molar refractivity (Wildman–Crippen MR) is 91.2 cm³/mol. The van der Waals surface area contributed by atoms with E-state index in [0.29, 0.717) is 11.5 Å². The van der Waals surface area contributed by atoms with Crippen LogP contribution < -0.4 is 5.32 Å². The lowest BCUT2D eigenvalue weighted by Crippen LogP contribution is -2.52. The van der Waals surface area contributed by atoms with Crippen LogP contribution in [0.25, 0.3) is 0 Å². The molecule has 0 radical (unpaired) electrons. The van der Waals surface area contributed by atoms with E-state index in [2.05, 4.69) is 80.1 Å². The average Bonchev–Trinajstić information content (AvgIpc) is 2.19. The molecule has 0 bridgehead atoms. The molecule has 0 unspecified atom stereocenters. The zero-order chi connectivity index (χ0) is 15.0. The van der Waals surface area contributed by atoms with Crippen LogP contribution in [-0.4, -0.2) is 11.6 Å². The summed E-state index contributed by atoms with van der Waals surface area (Å²) in [6.45, 7) is 11.6. The molecule has 0 heterocycles. The quantitative estimate of drug-likeness (QED) is 0.764. The molecule has 1 saturated carbocycles. The molecule has 1 aromatic carbocycles. The van der Waals surface area contributed by atoms with Gasteiger partial charge in [0, 0.05) is 16.1 Å². The fraction of sp³-hybridized carbons (Fsp3) is 0.667. The van der Waals surface area contributed by atoms with E-state index >= 15 is 0 Å². The fourth-order valence-corrected chi connectivity index (χ4v) is 4.11. The smallest absolute Gasteiger partial charge is 0.0178 e. The van der Waals surface area contributed by atoms with Gasteiger partial charge in [0.2, 0.25) is 0 Å². The molecule has 0 aromatic heterocycles. The lowest BCUT2D eigenvalue weighted by atomic mass is 9.73. The molecule has 2 rings (SSSR count). The van der Waals surface area contributed by atoms with Gasteiger partial charge in [0.15, 0.2) is 0 Å². The van der Waals surface area contributed by atoms with Crippen LogP contribution in [0.1, 0.15) is 65.4 Å². The summed E-state index contributed by atoms with van der Waals surface area (Å²) in [5, 5.41) is 3.85. The van der Waals surface area contributed by atoms with E-state index in [-0.39, 0.29) is 5.54 Å². The Labute approximate surface area is 132 Å². The van der Waals surface area contributed by atoms with Crippen LogP contribution >= 0.6 is 15.9 Å². The van der Waals surface area contributed by atoms with Crippen molar-refractivity contribution in [3.8, 4) is 0 Å². The molecule has 1 nitrogen and oxygen atoms in total. The third kappa shape index (κ3) is 4.60. The lowest BCUT2D eigenvalue weighted by Gasteiger charge is -2.43. The maximum absolute atomic E-state index is 3.85. The van der Waals surface area contributed by atoms with Crippen LogP contribution in [0.2, 0.25) is 0 Å². The Bertz CT molecular complexity index is 453. The summed E-state index contributed by atoms with van der Waals surface area (Å²) in [6.07, 6.45) is 3.74. The van der Waals surface area contributed by atoms with Crippen molar-refractivity contribution in [1.29, 1.82) is 0 Å². The molecule has 2 heteroatoms. The highest BCUT2D eigenvalue weighted by atomic mass is 79.9. The van der Waals surface area contributed by atoms with Crippen molar-refractivity contribution in [1.82, 2.24) is 5.32 Å². The van der Waals surface area contributed by atoms with Gasteiger partial charge in [-0.2, -0.15) is 0 Å². The summed E-state index contributed by atoms with van der Waals surface area (Å²) in [5.41, 5.74) is 2.08. The number of halogens is 1. The number of rotatable bonds is 4. The second kappa shape index (κ2) is 5.81. The van der Waals surface area contributed by atoms with E-state index in [1.54, 1.807) is 0 Å². The normalized spacial score (nSPS) is 23.5. The first-order valence-electron chi connectivity index (χ1n) is 7.68. The molecular formula is C18H28BrN. The number of nitrogens with one attached hydrogen (secondary N) is 1. The zero-order valence-electron chi connectivity index (χ0n) is 13.5. The van der Waals surface area contributed by atoms with Gasteiger partial charge in [-0.3, -0.25) is 0 Å². The van der Waals surface area contributed by atoms with Gasteiger partial charge in [-0.05, 0) is 62.1 Å². The van der Waals surface area contributed by atoms with Gasteiger partial charge in [0.1, 0.15) is 0 Å². The second-order valence-electron chi connectivity index (χ2n) is 8.19. The van der Waals surface area contributed by atoms with E-state index in [4.69, 9.17) is 0 Å². The zero-order valence-corrected chi connectivity index (χ0v) is 15.0. The molecule has 1 fully saturated rings. The van der Waals surface area contributed by atoms with Gasteiger partial charge in [-0.25, -0.2) is 0 Å². The molecule has 1 N–H and O–H groups in total. The Balaban J connectivity index is 1.85. The van der Waals surface area contributed by atoms with Crippen molar-refractivity contribution in [3.05, 3.63) is 34.3 Å². The number of benzene rings is 1. The van der Waals surface area contributed by atoms with Crippen LogP contribution in [0, 0.1) is 5.41 Å². The molecule has 1 aliphatic carbocycles. The topological polar surface area (TPSA) is 12.0 Å². The minimum atomic E-state index is 0.227. The predicted octanol–water partition coefficient (Wildman–Crippen LogP) is 5.50. The first-order chi connectivity index (χ1) is 9.15. The molecule has 20 heavy (non-hydrogen) atoms. The highest BCUT2D eigenvalue weighted by Crippen LogP contribution is 2.39. The van der Waals surface area contributed by atoms with E-state index in [0.717, 1.165) is 5.92 Å². The number of hydrogen-bond acceptors (Lipinski definition) is 1. The summed E-state index contributed by atoms with van der Waals surface area (Å²) in [7, 11) is 0. The molecule has 112 valence electrons. The van der Waals surface area contributed by atoms with Crippen molar-refractivity contribution < 1.29 is 0 Å². The van der Waals surface area contributed by atoms with Crippen LogP contribution in [0.5, 0.6) is 0 Å². The van der Waals surface area contributed by atoms with Crippen LogP contribution in [0.4, 0.5) is 0 Å². The van der Waals surface area contributed by atoms with Gasteiger partial charge in [-0.15, -0.1) is 0 Å². The third-order valence-corrected chi connectivity index (χ3v) is 4.52. The fourth-order valence-electron chi connectivity index (χ4n) is 3.70. The molecule has 0 saturated heterocycles. The Hall–Kier alpha value is -0.340. The summed E-state index contributed by atoms with van der Waals surface area (Å²) >= 11 is 3.57. The van der Waals surface area contributed by atoms with Gasteiger partial charge in [-0.1, -0.05) is 48.8 Å². The van der Waals surface area contributed by atoms with E-state index in [9.17, 15) is 0 Å². The monoisotopic (exact) mass is 337 g/mol. The molecule has 1 aromatic rings. The van der Waals surface area contributed by atoms with Crippen LogP contribution in [0.3, 0.4) is 0 Å². The molecule has 0 spiro atoms. The third-order valence-electron chi connectivity index (χ3n) is 4.03. The Morgan fingerprint density at radius 3 is 2.35 bits per heavy atom. The summed E-state index contributed by atoms with van der Waals surface area (Å²) < 4.78 is 1.19. The Morgan fingerprint density at radius 2 is 1.80 bits per heavy atom. The van der Waals surface area contributed by atoms with E-state index in [1.165, 1.54) is 29.3 Å². The first-order valence-corrected chi connectivity index (χ1v) is 8.47. The standard InChI is InChI=1S/C18H28BrN/c1-17(2,3)12-18(4,5)20-16-10-14(11-16)13-7-6-8-15(19)9-13/h6-9,14,16,20H,10-12H2,1-5H3. The maximum Gasteiger partial charge on any atom is 0.0178 e. The van der Waals surface area contributed by atoms with Gasteiger partial charge < -0.3 is 5.32 Å². The first kappa shape index (κ1) is 16.0. The Morgan fingerprint density at radius 1 is 1.15 bits per heavy atom. The van der Waals surface area contributed by atoms with Gasteiger partial charge in [0.05, 0.1) is 0 Å². The van der Waals surface area contributed by atoms with Crippen molar-refractivity contribution in [2.24, 2.45) is 5.41 Å². The average molecular weight is 338 g/mol. The highest BCUT2D eigenvalue weighted by Gasteiger charge is 2.35. The SMILES string of the molecule is CC(C)(C)CC(C)(C)NC1CC(c2cccc(Br)c2)C1. The van der Waals surface area contributed by atoms with E-state index in [1.807, 2.05) is 0 Å². The van der Waals surface area contributed by atoms with Crippen molar-refractivity contribution >= 4 is 15.9 Å². The molecule has 0 atom stereocenters. The molecule has 0 aliphatic heterocycles. The van der Waals surface area contributed by atoms with Crippen molar-refractivity contribution in [2.45, 2.75) is 71.4 Å². The minimum absolute atomic E-state index is 0.227.